The smallest absolute Gasteiger partial charge is 0.224 e. The molecule has 1 amide bonds. The second-order valence-electron chi connectivity index (χ2n) is 6.67. The number of hydrogen-bond donors (Lipinski definition) is 1. The van der Waals surface area contributed by atoms with Crippen LogP contribution in [0.5, 0.6) is 11.5 Å². The van der Waals surface area contributed by atoms with Crippen molar-refractivity contribution in [2.24, 2.45) is 0 Å². The summed E-state index contributed by atoms with van der Waals surface area (Å²) >= 11 is 0. The number of carbonyl (C=O) groups excluding carboxylic acids is 1. The number of benzene rings is 2. The fourth-order valence-corrected chi connectivity index (χ4v) is 3.20. The van der Waals surface area contributed by atoms with Gasteiger partial charge in [0, 0.05) is 23.4 Å². The van der Waals surface area contributed by atoms with E-state index >= 15 is 0 Å². The van der Waals surface area contributed by atoms with Crippen molar-refractivity contribution < 1.29 is 18.7 Å². The molecule has 0 aliphatic rings. The highest BCUT2D eigenvalue weighted by Crippen LogP contribution is 2.24. The van der Waals surface area contributed by atoms with E-state index in [9.17, 15) is 9.18 Å². The van der Waals surface area contributed by atoms with Crippen LogP contribution >= 0.6 is 0 Å². The average Bonchev–Trinajstić information content (AvgIpc) is 3.00. The molecule has 0 unspecified atom stereocenters. The molecule has 0 aliphatic carbocycles. The third-order valence-corrected chi connectivity index (χ3v) is 4.81. The first-order chi connectivity index (χ1) is 13.9. The number of rotatable bonds is 7. The van der Waals surface area contributed by atoms with Crippen LogP contribution in [0, 0.1) is 19.7 Å². The maximum atomic E-state index is 13.2. The van der Waals surface area contributed by atoms with Crippen molar-refractivity contribution in [2.75, 3.05) is 14.2 Å². The molecule has 1 heterocycles. The monoisotopic (exact) mass is 397 g/mol. The third kappa shape index (κ3) is 4.56. The Kier molecular flexibility index (Phi) is 6.16. The molecule has 0 spiro atoms. The van der Waals surface area contributed by atoms with E-state index in [1.165, 1.54) is 12.1 Å². The number of ether oxygens (including phenoxy) is 2. The number of aryl methyl sites for hydroxylation is 1. The summed E-state index contributed by atoms with van der Waals surface area (Å²) in [7, 11) is 3.18. The van der Waals surface area contributed by atoms with Gasteiger partial charge in [-0.2, -0.15) is 5.10 Å². The number of amides is 1. The maximum absolute atomic E-state index is 13.2. The van der Waals surface area contributed by atoms with Gasteiger partial charge in [-0.05, 0) is 56.3 Å². The molecule has 0 fully saturated rings. The van der Waals surface area contributed by atoms with Gasteiger partial charge in [0.25, 0.3) is 0 Å². The van der Waals surface area contributed by atoms with Crippen LogP contribution in [-0.2, 0) is 17.8 Å². The Morgan fingerprint density at radius 3 is 2.48 bits per heavy atom. The maximum Gasteiger partial charge on any atom is 0.224 e. The zero-order valence-corrected chi connectivity index (χ0v) is 17.0. The minimum atomic E-state index is -0.303. The van der Waals surface area contributed by atoms with Gasteiger partial charge in [0.15, 0.2) is 0 Å². The Bertz CT molecular complexity index is 1010. The van der Waals surface area contributed by atoms with Crippen molar-refractivity contribution in [3.05, 3.63) is 70.8 Å². The minimum absolute atomic E-state index is 0.125. The molecule has 152 valence electrons. The van der Waals surface area contributed by atoms with E-state index in [2.05, 4.69) is 10.4 Å². The van der Waals surface area contributed by atoms with Crippen LogP contribution in [0.1, 0.15) is 22.5 Å². The van der Waals surface area contributed by atoms with Gasteiger partial charge in [0.2, 0.25) is 5.91 Å². The van der Waals surface area contributed by atoms with Crippen molar-refractivity contribution >= 4 is 5.91 Å². The molecule has 0 aliphatic heterocycles. The second-order valence-corrected chi connectivity index (χ2v) is 6.67. The SMILES string of the molecule is COc1ccc(OC)c(CNC(=O)Cc2c(C)nn(-c3ccc(F)cc3)c2C)c1. The molecule has 1 aromatic heterocycles. The quantitative estimate of drug-likeness (QED) is 0.663. The van der Waals surface area contributed by atoms with Crippen molar-refractivity contribution in [2.45, 2.75) is 26.8 Å². The predicted octanol–water partition coefficient (Wildman–Crippen LogP) is 3.50. The normalized spacial score (nSPS) is 10.7. The molecule has 0 atom stereocenters. The zero-order chi connectivity index (χ0) is 21.0. The summed E-state index contributed by atoms with van der Waals surface area (Å²) in [5.74, 6) is 0.951. The number of carbonyl (C=O) groups is 1. The molecule has 7 heteroatoms. The van der Waals surface area contributed by atoms with E-state index in [1.807, 2.05) is 19.9 Å². The molecule has 3 aromatic rings. The molecular weight excluding hydrogens is 373 g/mol. The average molecular weight is 397 g/mol. The van der Waals surface area contributed by atoms with Crippen LogP contribution in [0.25, 0.3) is 5.69 Å². The Balaban J connectivity index is 1.72. The van der Waals surface area contributed by atoms with E-state index in [0.29, 0.717) is 18.0 Å². The molecule has 6 nitrogen and oxygen atoms in total. The van der Waals surface area contributed by atoms with Gasteiger partial charge in [-0.1, -0.05) is 0 Å². The van der Waals surface area contributed by atoms with E-state index in [-0.39, 0.29) is 18.1 Å². The largest absolute Gasteiger partial charge is 0.497 e. The van der Waals surface area contributed by atoms with Crippen molar-refractivity contribution in [1.82, 2.24) is 15.1 Å². The lowest BCUT2D eigenvalue weighted by Gasteiger charge is -2.12. The Labute approximate surface area is 169 Å². The van der Waals surface area contributed by atoms with E-state index in [1.54, 1.807) is 43.2 Å². The Hall–Kier alpha value is -3.35. The summed E-state index contributed by atoms with van der Waals surface area (Å²) < 4.78 is 25.5. The Morgan fingerprint density at radius 2 is 1.83 bits per heavy atom. The van der Waals surface area contributed by atoms with Gasteiger partial charge in [0.05, 0.1) is 32.0 Å². The summed E-state index contributed by atoms with van der Waals surface area (Å²) in [4.78, 5) is 12.6. The number of nitrogens with zero attached hydrogens (tertiary/aromatic N) is 2. The van der Waals surface area contributed by atoms with Gasteiger partial charge in [-0.15, -0.1) is 0 Å². The highest BCUT2D eigenvalue weighted by atomic mass is 19.1. The molecule has 1 N–H and O–H groups in total. The van der Waals surface area contributed by atoms with Crippen molar-refractivity contribution in [3.63, 3.8) is 0 Å². The lowest BCUT2D eigenvalue weighted by molar-refractivity contribution is -0.120. The van der Waals surface area contributed by atoms with Gasteiger partial charge >= 0.3 is 0 Å². The van der Waals surface area contributed by atoms with Crippen LogP contribution in [0.15, 0.2) is 42.5 Å². The number of aromatic nitrogens is 2. The van der Waals surface area contributed by atoms with Crippen LogP contribution in [-0.4, -0.2) is 29.9 Å². The van der Waals surface area contributed by atoms with Crippen LogP contribution in [0.2, 0.25) is 0 Å². The third-order valence-electron chi connectivity index (χ3n) is 4.81. The molecule has 0 saturated carbocycles. The van der Waals surface area contributed by atoms with E-state index in [4.69, 9.17) is 9.47 Å². The number of methoxy groups -OCH3 is 2. The first-order valence-corrected chi connectivity index (χ1v) is 9.21. The molecule has 2 aromatic carbocycles. The standard InChI is InChI=1S/C22H24FN3O3/c1-14-20(15(2)26(25-14)18-7-5-17(23)6-8-18)12-22(27)24-13-16-11-19(28-3)9-10-21(16)29-4/h5-11H,12-13H2,1-4H3,(H,24,27). The molecule has 0 saturated heterocycles. The summed E-state index contributed by atoms with van der Waals surface area (Å²) in [6.45, 7) is 4.08. The van der Waals surface area contributed by atoms with E-state index in [0.717, 1.165) is 28.2 Å². The molecular formula is C22H24FN3O3. The first-order valence-electron chi connectivity index (χ1n) is 9.21. The van der Waals surface area contributed by atoms with Crippen molar-refractivity contribution in [1.29, 1.82) is 0 Å². The van der Waals surface area contributed by atoms with Crippen molar-refractivity contribution in [3.8, 4) is 17.2 Å². The number of nitrogens with one attached hydrogen (secondary N) is 1. The summed E-state index contributed by atoms with van der Waals surface area (Å²) in [6, 6.07) is 11.5. The number of hydrogen-bond acceptors (Lipinski definition) is 4. The highest BCUT2D eigenvalue weighted by Gasteiger charge is 2.16. The molecule has 0 bridgehead atoms. The van der Waals surface area contributed by atoms with Crippen LogP contribution in [0.4, 0.5) is 4.39 Å². The second kappa shape index (κ2) is 8.77. The summed E-state index contributed by atoms with van der Waals surface area (Å²) in [6.07, 6.45) is 0.200. The topological polar surface area (TPSA) is 65.4 Å². The Morgan fingerprint density at radius 1 is 1.10 bits per heavy atom. The van der Waals surface area contributed by atoms with Crippen LogP contribution < -0.4 is 14.8 Å². The fourth-order valence-electron chi connectivity index (χ4n) is 3.20. The molecule has 0 radical (unpaired) electrons. The molecule has 3 rings (SSSR count). The lowest BCUT2D eigenvalue weighted by Crippen LogP contribution is -2.25. The van der Waals surface area contributed by atoms with Gasteiger partial charge in [-0.3, -0.25) is 4.79 Å². The fraction of sp³-hybridized carbons (Fsp3) is 0.273. The van der Waals surface area contributed by atoms with Gasteiger partial charge in [0.1, 0.15) is 17.3 Å². The first kappa shape index (κ1) is 20.4. The van der Waals surface area contributed by atoms with Gasteiger partial charge < -0.3 is 14.8 Å². The summed E-state index contributed by atoms with van der Waals surface area (Å²) in [5, 5.41) is 7.43. The van der Waals surface area contributed by atoms with E-state index < -0.39 is 0 Å². The van der Waals surface area contributed by atoms with Gasteiger partial charge in [-0.25, -0.2) is 9.07 Å². The minimum Gasteiger partial charge on any atom is -0.497 e. The summed E-state index contributed by atoms with van der Waals surface area (Å²) in [5.41, 5.74) is 4.05. The number of halogens is 1. The predicted molar refractivity (Wildman–Crippen MR) is 108 cm³/mol. The lowest BCUT2D eigenvalue weighted by atomic mass is 10.1. The van der Waals surface area contributed by atoms with Crippen LogP contribution in [0.3, 0.4) is 0 Å². The molecule has 29 heavy (non-hydrogen) atoms. The highest BCUT2D eigenvalue weighted by molar-refractivity contribution is 5.79. The zero-order valence-electron chi connectivity index (χ0n) is 17.0.